The third kappa shape index (κ3) is 2.15. The van der Waals surface area contributed by atoms with Crippen molar-refractivity contribution < 1.29 is 4.52 Å². The lowest BCUT2D eigenvalue weighted by Gasteiger charge is -2.01. The Bertz CT molecular complexity index is 669. The largest absolute Gasteiger partial charge is 0.380 e. The van der Waals surface area contributed by atoms with E-state index < -0.39 is 0 Å². The molecule has 0 unspecified atom stereocenters. The normalized spacial score (nSPS) is 10.8. The zero-order chi connectivity index (χ0) is 13.2. The van der Waals surface area contributed by atoms with Gasteiger partial charge in [-0.25, -0.2) is 0 Å². The van der Waals surface area contributed by atoms with Gasteiger partial charge in [0, 0.05) is 10.4 Å². The van der Waals surface area contributed by atoms with E-state index in [0.717, 1.165) is 28.2 Å². The van der Waals surface area contributed by atoms with Gasteiger partial charge < -0.3 is 10.3 Å². The summed E-state index contributed by atoms with van der Waals surface area (Å²) in [5.41, 5.74) is 9.12. The molecule has 0 aliphatic carbocycles. The Morgan fingerprint density at radius 3 is 2.63 bits per heavy atom. The molecule has 0 aliphatic heterocycles. The fourth-order valence-electron chi connectivity index (χ4n) is 2.05. The number of rotatable bonds is 3. The van der Waals surface area contributed by atoms with E-state index in [2.05, 4.69) is 36.3 Å². The number of thiophene rings is 1. The van der Waals surface area contributed by atoms with Gasteiger partial charge in [0.05, 0.1) is 5.56 Å². The first-order chi connectivity index (χ1) is 9.29. The van der Waals surface area contributed by atoms with Gasteiger partial charge in [-0.15, -0.1) is 11.3 Å². The highest BCUT2D eigenvalue weighted by atomic mass is 32.1. The molecule has 19 heavy (non-hydrogen) atoms. The summed E-state index contributed by atoms with van der Waals surface area (Å²) in [6, 6.07) is 12.3. The second kappa shape index (κ2) is 4.90. The van der Waals surface area contributed by atoms with Crippen LogP contribution in [0.3, 0.4) is 0 Å². The van der Waals surface area contributed by atoms with Crippen LogP contribution in [-0.4, -0.2) is 5.16 Å². The smallest absolute Gasteiger partial charge is 0.177 e. The van der Waals surface area contributed by atoms with Gasteiger partial charge in [0.1, 0.15) is 0 Å². The molecular formula is C15H14N2OS. The Morgan fingerprint density at radius 2 is 2.00 bits per heavy atom. The van der Waals surface area contributed by atoms with Gasteiger partial charge in [-0.2, -0.15) is 0 Å². The van der Waals surface area contributed by atoms with Crippen LogP contribution in [0, 0.1) is 0 Å². The molecule has 3 rings (SSSR count). The van der Waals surface area contributed by atoms with Crippen molar-refractivity contribution in [2.45, 2.75) is 13.3 Å². The Labute approximate surface area is 115 Å². The minimum Gasteiger partial charge on any atom is -0.380 e. The van der Waals surface area contributed by atoms with Crippen LogP contribution in [0.1, 0.15) is 12.5 Å². The van der Waals surface area contributed by atoms with Crippen LogP contribution in [0.5, 0.6) is 0 Å². The molecule has 0 amide bonds. The van der Waals surface area contributed by atoms with Crippen molar-refractivity contribution in [2.24, 2.45) is 0 Å². The van der Waals surface area contributed by atoms with Gasteiger partial charge in [-0.3, -0.25) is 0 Å². The quantitative estimate of drug-likeness (QED) is 0.775. The summed E-state index contributed by atoms with van der Waals surface area (Å²) in [6.45, 7) is 2.14. The van der Waals surface area contributed by atoms with Gasteiger partial charge in [-0.1, -0.05) is 42.4 Å². The van der Waals surface area contributed by atoms with E-state index >= 15 is 0 Å². The molecule has 3 nitrogen and oxygen atoms in total. The zero-order valence-corrected chi connectivity index (χ0v) is 11.4. The second-order valence-electron chi connectivity index (χ2n) is 4.30. The molecule has 2 heterocycles. The molecule has 2 aromatic heterocycles. The van der Waals surface area contributed by atoms with E-state index in [4.69, 9.17) is 10.3 Å². The van der Waals surface area contributed by atoms with E-state index in [-0.39, 0.29) is 0 Å². The van der Waals surface area contributed by atoms with Crippen LogP contribution in [0.4, 0.5) is 5.82 Å². The number of aromatic nitrogens is 1. The van der Waals surface area contributed by atoms with Crippen LogP contribution in [-0.2, 0) is 6.42 Å². The van der Waals surface area contributed by atoms with Gasteiger partial charge in [-0.05, 0) is 23.4 Å². The predicted molar refractivity (Wildman–Crippen MR) is 79.0 cm³/mol. The van der Waals surface area contributed by atoms with Gasteiger partial charge in [0.15, 0.2) is 11.6 Å². The van der Waals surface area contributed by atoms with Gasteiger partial charge in [0.25, 0.3) is 0 Å². The molecular weight excluding hydrogens is 256 g/mol. The lowest BCUT2D eigenvalue weighted by atomic mass is 10.0. The highest BCUT2D eigenvalue weighted by molar-refractivity contribution is 7.13. The van der Waals surface area contributed by atoms with Crippen LogP contribution >= 0.6 is 11.3 Å². The van der Waals surface area contributed by atoms with E-state index in [1.54, 1.807) is 11.3 Å². The average Bonchev–Trinajstić information content (AvgIpc) is 3.08. The molecule has 0 aliphatic rings. The van der Waals surface area contributed by atoms with Crippen molar-refractivity contribution in [3.05, 3.63) is 47.3 Å². The molecule has 0 saturated heterocycles. The third-order valence-corrected chi connectivity index (χ3v) is 4.00. The fourth-order valence-corrected chi connectivity index (χ4v) is 2.83. The summed E-state index contributed by atoms with van der Waals surface area (Å²) in [6.07, 6.45) is 1.02. The van der Waals surface area contributed by atoms with Crippen molar-refractivity contribution >= 4 is 17.2 Å². The lowest BCUT2D eigenvalue weighted by molar-refractivity contribution is 0.436. The molecule has 0 spiro atoms. The zero-order valence-electron chi connectivity index (χ0n) is 10.6. The topological polar surface area (TPSA) is 52.0 Å². The van der Waals surface area contributed by atoms with Gasteiger partial charge in [0.2, 0.25) is 0 Å². The van der Waals surface area contributed by atoms with Crippen LogP contribution in [0.15, 0.2) is 46.3 Å². The first-order valence-electron chi connectivity index (χ1n) is 6.18. The summed E-state index contributed by atoms with van der Waals surface area (Å²) in [7, 11) is 0. The molecule has 0 fully saturated rings. The average molecular weight is 270 g/mol. The maximum absolute atomic E-state index is 5.93. The summed E-state index contributed by atoms with van der Waals surface area (Å²) in [4.78, 5) is 1.08. The van der Waals surface area contributed by atoms with E-state index in [1.807, 2.05) is 17.5 Å². The number of benzene rings is 1. The summed E-state index contributed by atoms with van der Waals surface area (Å²) >= 11 is 1.63. The minimum atomic E-state index is 0.442. The van der Waals surface area contributed by atoms with Gasteiger partial charge >= 0.3 is 0 Å². The first kappa shape index (κ1) is 12.0. The first-order valence-corrected chi connectivity index (χ1v) is 7.06. The molecule has 0 saturated carbocycles. The third-order valence-electron chi connectivity index (χ3n) is 3.11. The number of nitrogens with zero attached hydrogens (tertiary/aromatic N) is 1. The molecule has 2 N–H and O–H groups in total. The number of aryl methyl sites for hydroxylation is 1. The SMILES string of the molecule is CCc1ccc(-c2onc(N)c2-c2cccs2)cc1. The van der Waals surface area contributed by atoms with Crippen LogP contribution in [0.25, 0.3) is 21.8 Å². The van der Waals surface area contributed by atoms with Crippen molar-refractivity contribution in [1.29, 1.82) is 0 Å². The van der Waals surface area contributed by atoms with Crippen LogP contribution < -0.4 is 5.73 Å². The lowest BCUT2D eigenvalue weighted by Crippen LogP contribution is -1.87. The van der Waals surface area contributed by atoms with Crippen LogP contribution in [0.2, 0.25) is 0 Å². The van der Waals surface area contributed by atoms with E-state index in [1.165, 1.54) is 5.56 Å². The number of nitrogens with two attached hydrogens (primary N) is 1. The Balaban J connectivity index is 2.10. The molecule has 0 bridgehead atoms. The number of hydrogen-bond acceptors (Lipinski definition) is 4. The predicted octanol–water partition coefficient (Wildman–Crippen LogP) is 4.21. The maximum atomic E-state index is 5.93. The monoisotopic (exact) mass is 270 g/mol. The summed E-state index contributed by atoms with van der Waals surface area (Å²) in [5, 5.41) is 5.92. The Kier molecular flexibility index (Phi) is 3.09. The molecule has 3 aromatic rings. The van der Waals surface area contributed by atoms with Crippen molar-refractivity contribution in [2.75, 3.05) is 5.73 Å². The standard InChI is InChI=1S/C15H14N2OS/c1-2-10-5-7-11(8-6-10)14-13(15(16)17-18-14)12-4-3-9-19-12/h3-9H,2H2,1H3,(H2,16,17). The highest BCUT2D eigenvalue weighted by Crippen LogP contribution is 2.38. The molecule has 96 valence electrons. The van der Waals surface area contributed by atoms with Crippen molar-refractivity contribution in [1.82, 2.24) is 5.16 Å². The Morgan fingerprint density at radius 1 is 1.21 bits per heavy atom. The second-order valence-corrected chi connectivity index (χ2v) is 5.25. The maximum Gasteiger partial charge on any atom is 0.177 e. The van der Waals surface area contributed by atoms with E-state index in [9.17, 15) is 0 Å². The highest BCUT2D eigenvalue weighted by Gasteiger charge is 2.18. The van der Waals surface area contributed by atoms with Crippen molar-refractivity contribution in [3.8, 4) is 21.8 Å². The molecule has 0 atom stereocenters. The van der Waals surface area contributed by atoms with E-state index in [0.29, 0.717) is 5.82 Å². The van der Waals surface area contributed by atoms with Crippen molar-refractivity contribution in [3.63, 3.8) is 0 Å². The summed E-state index contributed by atoms with van der Waals surface area (Å²) < 4.78 is 5.41. The molecule has 1 aromatic carbocycles. The molecule has 0 radical (unpaired) electrons. The molecule has 4 heteroatoms. The number of nitrogen functional groups attached to an aromatic ring is 1. The summed E-state index contributed by atoms with van der Waals surface area (Å²) in [5.74, 6) is 1.18. The Hall–Kier alpha value is -2.07. The fraction of sp³-hybridized carbons (Fsp3) is 0.133. The number of hydrogen-bond donors (Lipinski definition) is 1. The minimum absolute atomic E-state index is 0.442. The number of anilines is 1.